The standard InChI is InChI=1S/C24H35N5O6S2/c1-7-15(3)35-24(31)28-18(20(30)22-26-11-12-36-22)9-8-10-27-23(25)29-37(32,33)21-14(2)13-19(34-6)16(4)17(21)5/h11-13,15,18H,7-10H2,1-6H3,(H,28,31)(H3,25,27,29)/t15?,18-/m0/s1. The summed E-state index contributed by atoms with van der Waals surface area (Å²) in [4.78, 5) is 29.1. The average molecular weight is 554 g/mol. The molecule has 2 rings (SSSR count). The molecule has 0 radical (unpaired) electrons. The van der Waals surface area contributed by atoms with Crippen LogP contribution in [0.1, 0.15) is 59.6 Å². The molecular formula is C24H35N5O6S2. The number of aryl methyl sites for hydroxylation is 1. The van der Waals surface area contributed by atoms with E-state index in [0.29, 0.717) is 35.3 Å². The summed E-state index contributed by atoms with van der Waals surface area (Å²) in [5.41, 5.74) is 1.73. The second-order valence-electron chi connectivity index (χ2n) is 8.55. The van der Waals surface area contributed by atoms with Gasteiger partial charge in [-0.25, -0.2) is 22.9 Å². The first-order valence-corrected chi connectivity index (χ1v) is 14.2. The molecule has 1 aromatic heterocycles. The van der Waals surface area contributed by atoms with Gasteiger partial charge >= 0.3 is 6.09 Å². The van der Waals surface area contributed by atoms with Gasteiger partial charge in [0, 0.05) is 18.1 Å². The van der Waals surface area contributed by atoms with Gasteiger partial charge in [-0.1, -0.05) is 6.92 Å². The monoisotopic (exact) mass is 553 g/mol. The number of nitrogens with one attached hydrogen (secondary N) is 4. The molecule has 1 aromatic carbocycles. The number of amides is 1. The summed E-state index contributed by atoms with van der Waals surface area (Å²) in [5.74, 6) is -0.155. The number of nitrogens with zero attached hydrogens (tertiary/aromatic N) is 1. The number of carbonyl (C=O) groups is 2. The molecule has 0 fully saturated rings. The van der Waals surface area contributed by atoms with Crippen molar-refractivity contribution in [3.05, 3.63) is 39.3 Å². The van der Waals surface area contributed by atoms with Crippen molar-refractivity contribution in [2.45, 2.75) is 70.9 Å². The van der Waals surface area contributed by atoms with Gasteiger partial charge in [-0.15, -0.1) is 11.3 Å². The van der Waals surface area contributed by atoms with Gasteiger partial charge < -0.3 is 20.1 Å². The van der Waals surface area contributed by atoms with Crippen molar-refractivity contribution < 1.29 is 27.5 Å². The number of aromatic nitrogens is 1. The number of rotatable bonds is 12. The molecule has 2 aromatic rings. The molecule has 0 aliphatic heterocycles. The Kier molecular flexibility index (Phi) is 10.9. The first kappa shape index (κ1) is 30.0. The normalized spacial score (nSPS) is 12.8. The van der Waals surface area contributed by atoms with Crippen LogP contribution in [0.25, 0.3) is 0 Å². The Morgan fingerprint density at radius 3 is 2.51 bits per heavy atom. The van der Waals surface area contributed by atoms with E-state index in [1.807, 2.05) is 6.92 Å². The molecule has 204 valence electrons. The highest BCUT2D eigenvalue weighted by molar-refractivity contribution is 7.90. The Bertz CT molecular complexity index is 1210. The van der Waals surface area contributed by atoms with Crippen LogP contribution in [0.5, 0.6) is 5.75 Å². The van der Waals surface area contributed by atoms with Crippen LogP contribution >= 0.6 is 11.3 Å². The van der Waals surface area contributed by atoms with Crippen LogP contribution < -0.4 is 20.1 Å². The maximum atomic E-state index is 13.0. The molecule has 1 heterocycles. The number of sulfonamides is 1. The number of alkyl carbamates (subject to hydrolysis) is 1. The Balaban J connectivity index is 1.99. The van der Waals surface area contributed by atoms with Crippen molar-refractivity contribution in [3.8, 4) is 5.75 Å². The molecule has 0 saturated heterocycles. The van der Waals surface area contributed by atoms with E-state index in [1.165, 1.54) is 24.6 Å². The van der Waals surface area contributed by atoms with E-state index < -0.39 is 28.1 Å². The van der Waals surface area contributed by atoms with Crippen molar-refractivity contribution in [2.24, 2.45) is 0 Å². The molecule has 13 heteroatoms. The number of carbonyl (C=O) groups excluding carboxylic acids is 2. The molecule has 0 aliphatic carbocycles. The molecule has 11 nitrogen and oxygen atoms in total. The quantitative estimate of drug-likeness (QED) is 0.135. The van der Waals surface area contributed by atoms with Gasteiger partial charge in [0.25, 0.3) is 10.0 Å². The summed E-state index contributed by atoms with van der Waals surface area (Å²) < 4.78 is 38.8. The molecule has 37 heavy (non-hydrogen) atoms. The molecule has 0 saturated carbocycles. The van der Waals surface area contributed by atoms with E-state index in [0.717, 1.165) is 0 Å². The lowest BCUT2D eigenvalue weighted by molar-refractivity contribution is 0.0854. The Morgan fingerprint density at radius 1 is 1.22 bits per heavy atom. The number of ketones is 1. The van der Waals surface area contributed by atoms with E-state index in [9.17, 15) is 18.0 Å². The average Bonchev–Trinajstić information content (AvgIpc) is 3.37. The van der Waals surface area contributed by atoms with Gasteiger partial charge in [-0.05, 0) is 69.7 Å². The second-order valence-corrected chi connectivity index (χ2v) is 11.1. The van der Waals surface area contributed by atoms with Crippen LogP contribution in [0.15, 0.2) is 22.5 Å². The first-order valence-electron chi connectivity index (χ1n) is 11.8. The zero-order valence-corrected chi connectivity index (χ0v) is 23.6. The van der Waals surface area contributed by atoms with Crippen LogP contribution in [0.3, 0.4) is 0 Å². The molecule has 0 spiro atoms. The maximum absolute atomic E-state index is 13.0. The van der Waals surface area contributed by atoms with E-state index in [1.54, 1.807) is 39.1 Å². The summed E-state index contributed by atoms with van der Waals surface area (Å²) in [6.45, 7) is 8.94. The van der Waals surface area contributed by atoms with Gasteiger partial charge in [0.1, 0.15) is 11.9 Å². The minimum Gasteiger partial charge on any atom is -0.496 e. The van der Waals surface area contributed by atoms with E-state index >= 15 is 0 Å². The lowest BCUT2D eigenvalue weighted by atomic mass is 10.1. The molecule has 1 amide bonds. The van der Waals surface area contributed by atoms with Crippen molar-refractivity contribution in [2.75, 3.05) is 13.7 Å². The minimum atomic E-state index is -4.02. The van der Waals surface area contributed by atoms with Gasteiger partial charge in [-0.2, -0.15) is 0 Å². The third-order valence-electron chi connectivity index (χ3n) is 5.81. The number of guanidine groups is 1. The fraction of sp³-hybridized carbons (Fsp3) is 0.500. The molecule has 4 N–H and O–H groups in total. The van der Waals surface area contributed by atoms with E-state index in [2.05, 4.69) is 20.3 Å². The van der Waals surface area contributed by atoms with Crippen molar-refractivity contribution >= 4 is 39.2 Å². The van der Waals surface area contributed by atoms with Crippen molar-refractivity contribution in [1.29, 1.82) is 5.41 Å². The number of thiazole rings is 1. The molecule has 2 atom stereocenters. The highest BCUT2D eigenvalue weighted by atomic mass is 32.2. The molecule has 0 bridgehead atoms. The lowest BCUT2D eigenvalue weighted by Gasteiger charge is -2.19. The highest BCUT2D eigenvalue weighted by Crippen LogP contribution is 2.30. The largest absolute Gasteiger partial charge is 0.496 e. The summed E-state index contributed by atoms with van der Waals surface area (Å²) >= 11 is 1.17. The van der Waals surface area contributed by atoms with Crippen LogP contribution in [0, 0.1) is 26.2 Å². The predicted octanol–water partition coefficient (Wildman–Crippen LogP) is 3.44. The fourth-order valence-corrected chi connectivity index (χ4v) is 5.71. The summed E-state index contributed by atoms with van der Waals surface area (Å²) in [6, 6.07) is 0.773. The number of hydrogen-bond donors (Lipinski definition) is 4. The van der Waals surface area contributed by atoms with E-state index in [4.69, 9.17) is 14.9 Å². The number of hydrogen-bond acceptors (Lipinski definition) is 9. The van der Waals surface area contributed by atoms with Gasteiger partial charge in [0.2, 0.25) is 11.7 Å². The fourth-order valence-electron chi connectivity index (χ4n) is 3.59. The van der Waals surface area contributed by atoms with Gasteiger partial charge in [-0.3, -0.25) is 10.2 Å². The maximum Gasteiger partial charge on any atom is 0.407 e. The predicted molar refractivity (Wildman–Crippen MR) is 142 cm³/mol. The zero-order chi connectivity index (χ0) is 27.8. The third kappa shape index (κ3) is 8.15. The van der Waals surface area contributed by atoms with Crippen LogP contribution in [0.2, 0.25) is 0 Å². The zero-order valence-electron chi connectivity index (χ0n) is 21.9. The summed E-state index contributed by atoms with van der Waals surface area (Å²) in [5, 5.41) is 15.3. The van der Waals surface area contributed by atoms with Gasteiger partial charge in [0.05, 0.1) is 18.0 Å². The van der Waals surface area contributed by atoms with Crippen LogP contribution in [-0.2, 0) is 14.8 Å². The SMILES string of the molecule is CCC(C)OC(=O)N[C@@H](CCCNC(=N)NS(=O)(=O)c1c(C)cc(OC)c(C)c1C)C(=O)c1nccs1. The summed E-state index contributed by atoms with van der Waals surface area (Å²) in [7, 11) is -2.50. The molecule has 1 unspecified atom stereocenters. The Morgan fingerprint density at radius 2 is 1.92 bits per heavy atom. The van der Waals surface area contributed by atoms with E-state index in [-0.39, 0.29) is 34.8 Å². The second kappa shape index (κ2) is 13.4. The number of Topliss-reactive ketones (excluding diaryl/α,β-unsaturated/α-hetero) is 1. The van der Waals surface area contributed by atoms with Crippen LogP contribution in [-0.4, -0.2) is 57.0 Å². The number of ether oxygens (including phenoxy) is 2. The van der Waals surface area contributed by atoms with Crippen molar-refractivity contribution in [3.63, 3.8) is 0 Å². The molecular weight excluding hydrogens is 518 g/mol. The van der Waals surface area contributed by atoms with Crippen molar-refractivity contribution in [1.82, 2.24) is 20.3 Å². The summed E-state index contributed by atoms with van der Waals surface area (Å²) in [6.07, 6.45) is 1.74. The molecule has 0 aliphatic rings. The Labute approximate surface area is 221 Å². The van der Waals surface area contributed by atoms with Gasteiger partial charge in [0.15, 0.2) is 5.01 Å². The number of methoxy groups -OCH3 is 1. The van der Waals surface area contributed by atoms with Crippen LogP contribution in [0.4, 0.5) is 4.79 Å². The Hall–Kier alpha value is -3.19. The third-order valence-corrected chi connectivity index (χ3v) is 8.24. The first-order chi connectivity index (χ1) is 17.4. The lowest BCUT2D eigenvalue weighted by Crippen LogP contribution is -2.43. The smallest absolute Gasteiger partial charge is 0.407 e. The minimum absolute atomic E-state index is 0.0930. The topological polar surface area (TPSA) is 160 Å². The highest BCUT2D eigenvalue weighted by Gasteiger charge is 2.26. The number of benzene rings is 1.